The lowest BCUT2D eigenvalue weighted by atomic mass is 10.2. The molecule has 0 spiro atoms. The Morgan fingerprint density at radius 3 is 2.93 bits per heavy atom. The van der Waals surface area contributed by atoms with Gasteiger partial charge in [0, 0.05) is 15.4 Å². The second-order valence-corrected chi connectivity index (χ2v) is 4.97. The summed E-state index contributed by atoms with van der Waals surface area (Å²) in [7, 11) is 0. The number of amides is 1. The van der Waals surface area contributed by atoms with Gasteiger partial charge in [-0.25, -0.2) is 0 Å². The minimum absolute atomic E-state index is 0.132. The van der Waals surface area contributed by atoms with Crippen LogP contribution < -0.4 is 5.32 Å². The van der Waals surface area contributed by atoms with E-state index in [1.54, 1.807) is 18.2 Å². The first kappa shape index (κ1) is 12.3. The number of hydrogen-bond donors (Lipinski definition) is 1. The Hall–Kier alpha value is 0.190. The first-order valence-electron chi connectivity index (χ1n) is 3.94. The van der Waals surface area contributed by atoms with Gasteiger partial charge in [-0.1, -0.05) is 50.1 Å². The molecule has 5 heteroatoms. The monoisotopic (exact) mass is 387 g/mol. The van der Waals surface area contributed by atoms with Crippen molar-refractivity contribution in [2.45, 2.75) is 0 Å². The van der Waals surface area contributed by atoms with Crippen LogP contribution in [0.4, 0.5) is 0 Å². The lowest BCUT2D eigenvalue weighted by Crippen LogP contribution is -2.25. The van der Waals surface area contributed by atoms with Crippen LogP contribution in [0, 0.1) is 0 Å². The first-order chi connectivity index (χ1) is 6.65. The highest BCUT2D eigenvalue weighted by Gasteiger charge is 2.09. The molecule has 0 saturated carbocycles. The van der Waals surface area contributed by atoms with Gasteiger partial charge in [0.05, 0.1) is 10.6 Å². The van der Waals surface area contributed by atoms with Crippen molar-refractivity contribution in [3.05, 3.63) is 33.3 Å². The SMILES string of the molecule is O=C(NCCI)c1cc(Br)ccc1Cl. The number of nitrogens with one attached hydrogen (secondary N) is 1. The summed E-state index contributed by atoms with van der Waals surface area (Å²) in [6.07, 6.45) is 0. The Bertz CT molecular complexity index is 346. The quantitative estimate of drug-likeness (QED) is 0.625. The minimum Gasteiger partial charge on any atom is -0.351 e. The molecule has 0 aliphatic heterocycles. The summed E-state index contributed by atoms with van der Waals surface area (Å²) in [5.74, 6) is -0.132. The number of rotatable bonds is 3. The van der Waals surface area contributed by atoms with Gasteiger partial charge in [-0.2, -0.15) is 0 Å². The van der Waals surface area contributed by atoms with Crippen LogP contribution in [0.3, 0.4) is 0 Å². The standard InChI is InChI=1S/C9H8BrClINO/c10-6-1-2-8(11)7(5-6)9(14)13-4-3-12/h1-2,5H,3-4H2,(H,13,14). The molecule has 0 fully saturated rings. The number of halogens is 3. The molecule has 0 heterocycles. The van der Waals surface area contributed by atoms with E-state index >= 15 is 0 Å². The predicted octanol–water partition coefficient (Wildman–Crippen LogP) is 3.27. The number of hydrogen-bond acceptors (Lipinski definition) is 1. The zero-order valence-electron chi connectivity index (χ0n) is 7.19. The summed E-state index contributed by atoms with van der Waals surface area (Å²) < 4.78 is 1.73. The Morgan fingerprint density at radius 1 is 1.57 bits per heavy atom. The van der Waals surface area contributed by atoms with E-state index in [1.165, 1.54) is 0 Å². The van der Waals surface area contributed by atoms with Crippen LogP contribution in [0.15, 0.2) is 22.7 Å². The molecule has 0 aliphatic rings. The minimum atomic E-state index is -0.132. The summed E-state index contributed by atoms with van der Waals surface area (Å²) in [5, 5.41) is 3.24. The van der Waals surface area contributed by atoms with Gasteiger partial charge < -0.3 is 5.32 Å². The second kappa shape index (κ2) is 5.92. The summed E-state index contributed by atoms with van der Waals surface area (Å²) >= 11 is 11.4. The van der Waals surface area contributed by atoms with Gasteiger partial charge in [-0.3, -0.25) is 4.79 Å². The molecule has 0 aromatic heterocycles. The molecule has 2 nitrogen and oxygen atoms in total. The molecule has 1 amide bonds. The van der Waals surface area contributed by atoms with E-state index in [9.17, 15) is 4.79 Å². The van der Waals surface area contributed by atoms with E-state index in [1.807, 2.05) is 0 Å². The summed E-state index contributed by atoms with van der Waals surface area (Å²) in [4.78, 5) is 11.6. The number of benzene rings is 1. The maximum Gasteiger partial charge on any atom is 0.252 e. The topological polar surface area (TPSA) is 29.1 Å². The molecule has 0 atom stereocenters. The zero-order valence-corrected chi connectivity index (χ0v) is 11.7. The van der Waals surface area contributed by atoms with Crippen LogP contribution in [0.25, 0.3) is 0 Å². The fourth-order valence-corrected chi connectivity index (χ4v) is 1.76. The van der Waals surface area contributed by atoms with Gasteiger partial charge in [0.1, 0.15) is 0 Å². The highest BCUT2D eigenvalue weighted by Crippen LogP contribution is 2.20. The largest absolute Gasteiger partial charge is 0.351 e. The maximum absolute atomic E-state index is 11.6. The Morgan fingerprint density at radius 2 is 2.29 bits per heavy atom. The Labute approximate surface area is 110 Å². The van der Waals surface area contributed by atoms with Crippen molar-refractivity contribution in [3.8, 4) is 0 Å². The van der Waals surface area contributed by atoms with Crippen LogP contribution >= 0.6 is 50.1 Å². The van der Waals surface area contributed by atoms with Gasteiger partial charge in [0.15, 0.2) is 0 Å². The summed E-state index contributed by atoms with van der Waals surface area (Å²) in [5.41, 5.74) is 0.505. The molecular weight excluding hydrogens is 380 g/mol. The van der Waals surface area contributed by atoms with Crippen LogP contribution in [0.2, 0.25) is 5.02 Å². The van der Waals surface area contributed by atoms with Crippen molar-refractivity contribution in [1.29, 1.82) is 0 Å². The smallest absolute Gasteiger partial charge is 0.252 e. The lowest BCUT2D eigenvalue weighted by molar-refractivity contribution is 0.0956. The molecule has 0 aliphatic carbocycles. The fraction of sp³-hybridized carbons (Fsp3) is 0.222. The van der Waals surface area contributed by atoms with Crippen molar-refractivity contribution in [2.24, 2.45) is 0 Å². The summed E-state index contributed by atoms with van der Waals surface area (Å²) in [6, 6.07) is 5.22. The molecule has 1 rings (SSSR count). The maximum atomic E-state index is 11.6. The number of carbonyl (C=O) groups is 1. The lowest BCUT2D eigenvalue weighted by Gasteiger charge is -2.05. The molecule has 1 N–H and O–H groups in total. The van der Waals surface area contributed by atoms with Gasteiger partial charge >= 0.3 is 0 Å². The van der Waals surface area contributed by atoms with Crippen molar-refractivity contribution in [1.82, 2.24) is 5.32 Å². The van der Waals surface area contributed by atoms with E-state index < -0.39 is 0 Å². The first-order valence-corrected chi connectivity index (χ1v) is 6.64. The van der Waals surface area contributed by atoms with Crippen molar-refractivity contribution >= 4 is 56.0 Å². The Kier molecular flexibility index (Phi) is 5.19. The summed E-state index contributed by atoms with van der Waals surface area (Å²) in [6.45, 7) is 0.655. The second-order valence-electron chi connectivity index (χ2n) is 2.57. The molecule has 0 bridgehead atoms. The third-order valence-electron chi connectivity index (χ3n) is 1.55. The zero-order chi connectivity index (χ0) is 10.6. The van der Waals surface area contributed by atoms with Crippen LogP contribution in [0.5, 0.6) is 0 Å². The molecular formula is C9H8BrClINO. The molecule has 1 aromatic rings. The highest BCUT2D eigenvalue weighted by molar-refractivity contribution is 14.1. The van der Waals surface area contributed by atoms with Crippen molar-refractivity contribution in [3.63, 3.8) is 0 Å². The number of carbonyl (C=O) groups excluding carboxylic acids is 1. The van der Waals surface area contributed by atoms with Gasteiger partial charge in [0.2, 0.25) is 0 Å². The van der Waals surface area contributed by atoms with E-state index in [4.69, 9.17) is 11.6 Å². The molecule has 1 aromatic carbocycles. The van der Waals surface area contributed by atoms with Crippen LogP contribution in [0.1, 0.15) is 10.4 Å². The van der Waals surface area contributed by atoms with Crippen molar-refractivity contribution < 1.29 is 4.79 Å². The molecule has 0 saturated heterocycles. The van der Waals surface area contributed by atoms with Gasteiger partial charge in [-0.05, 0) is 18.2 Å². The van der Waals surface area contributed by atoms with Crippen LogP contribution in [-0.4, -0.2) is 16.9 Å². The van der Waals surface area contributed by atoms with Crippen molar-refractivity contribution in [2.75, 3.05) is 11.0 Å². The Balaban J connectivity index is 2.83. The van der Waals surface area contributed by atoms with Crippen LogP contribution in [-0.2, 0) is 0 Å². The molecule has 14 heavy (non-hydrogen) atoms. The molecule has 76 valence electrons. The fourth-order valence-electron chi connectivity index (χ4n) is 0.928. The predicted molar refractivity (Wildman–Crippen MR) is 70.4 cm³/mol. The third-order valence-corrected chi connectivity index (χ3v) is 2.92. The van der Waals surface area contributed by atoms with E-state index in [-0.39, 0.29) is 5.91 Å². The normalized spacial score (nSPS) is 9.93. The molecule has 0 radical (unpaired) electrons. The van der Waals surface area contributed by atoms with E-state index in [2.05, 4.69) is 43.8 Å². The highest BCUT2D eigenvalue weighted by atomic mass is 127. The number of alkyl halides is 1. The van der Waals surface area contributed by atoms with E-state index in [0.29, 0.717) is 17.1 Å². The third kappa shape index (κ3) is 3.40. The van der Waals surface area contributed by atoms with E-state index in [0.717, 1.165) is 8.90 Å². The molecule has 0 unspecified atom stereocenters. The van der Waals surface area contributed by atoms with Gasteiger partial charge in [0.25, 0.3) is 5.91 Å². The van der Waals surface area contributed by atoms with Gasteiger partial charge in [-0.15, -0.1) is 0 Å². The average Bonchev–Trinajstić information content (AvgIpc) is 2.18. The average molecular weight is 388 g/mol.